The first-order chi connectivity index (χ1) is 14.2. The molecule has 2 aromatic carbocycles. The highest BCUT2D eigenvalue weighted by Crippen LogP contribution is 2.16. The Morgan fingerprint density at radius 3 is 2.48 bits per heavy atom. The monoisotopic (exact) mass is 397 g/mol. The first kappa shape index (κ1) is 20.7. The van der Waals surface area contributed by atoms with Crippen LogP contribution in [0.4, 0.5) is 5.69 Å². The zero-order chi connectivity index (χ0) is 20.5. The minimum atomic E-state index is -0.250. The number of ether oxygens (including phenoxy) is 3. The fourth-order valence-corrected chi connectivity index (χ4v) is 2.95. The van der Waals surface area contributed by atoms with Gasteiger partial charge in [0.2, 0.25) is 5.96 Å². The van der Waals surface area contributed by atoms with Gasteiger partial charge in [-0.25, -0.2) is 4.99 Å². The maximum absolute atomic E-state index is 12.7. The van der Waals surface area contributed by atoms with Gasteiger partial charge in [0.25, 0.3) is 5.91 Å². The largest absolute Gasteiger partial charge is 0.497 e. The van der Waals surface area contributed by atoms with Crippen molar-refractivity contribution in [2.75, 3.05) is 32.2 Å². The molecule has 7 nitrogen and oxygen atoms in total. The molecule has 3 rings (SSSR count). The number of nitrogens with zero attached hydrogens (tertiary/aromatic N) is 1. The predicted octanol–water partition coefficient (Wildman–Crippen LogP) is 3.47. The fourth-order valence-electron chi connectivity index (χ4n) is 2.95. The van der Waals surface area contributed by atoms with Gasteiger partial charge in [-0.3, -0.25) is 10.1 Å². The van der Waals surface area contributed by atoms with E-state index in [-0.39, 0.29) is 12.0 Å². The molecule has 1 fully saturated rings. The average molecular weight is 397 g/mol. The minimum Gasteiger partial charge on any atom is -0.497 e. The SMILES string of the molecule is CCOc1ccc(C(=O)NC(=NC[C@H]2CCCO2)Nc2ccc(OC)cc2)cc1. The van der Waals surface area contributed by atoms with Crippen molar-refractivity contribution in [3.63, 3.8) is 0 Å². The number of rotatable bonds is 7. The molecule has 0 bridgehead atoms. The number of anilines is 1. The van der Waals surface area contributed by atoms with Gasteiger partial charge in [-0.2, -0.15) is 0 Å². The standard InChI is InChI=1S/C22H27N3O4/c1-3-28-19-10-6-16(7-11-19)21(26)25-22(23-15-20-5-4-14-29-20)24-17-8-12-18(27-2)13-9-17/h6-13,20H,3-5,14-15H2,1-2H3,(H2,23,24,25,26)/t20-/m1/s1. The van der Waals surface area contributed by atoms with E-state index in [2.05, 4.69) is 15.6 Å². The molecule has 0 saturated carbocycles. The van der Waals surface area contributed by atoms with Crippen LogP contribution in [0.3, 0.4) is 0 Å². The van der Waals surface area contributed by atoms with Crippen molar-refractivity contribution in [1.29, 1.82) is 0 Å². The van der Waals surface area contributed by atoms with E-state index in [1.54, 1.807) is 31.4 Å². The molecule has 2 N–H and O–H groups in total. The number of carbonyl (C=O) groups is 1. The van der Waals surface area contributed by atoms with E-state index in [0.29, 0.717) is 24.7 Å². The van der Waals surface area contributed by atoms with E-state index < -0.39 is 0 Å². The summed E-state index contributed by atoms with van der Waals surface area (Å²) in [6.07, 6.45) is 2.11. The lowest BCUT2D eigenvalue weighted by atomic mass is 10.2. The van der Waals surface area contributed by atoms with Gasteiger partial charge in [0.05, 0.1) is 26.4 Å². The topological polar surface area (TPSA) is 81.2 Å². The summed E-state index contributed by atoms with van der Waals surface area (Å²) in [4.78, 5) is 17.2. The first-order valence-electron chi connectivity index (χ1n) is 9.79. The summed E-state index contributed by atoms with van der Waals surface area (Å²) in [5.74, 6) is 1.62. The summed E-state index contributed by atoms with van der Waals surface area (Å²) in [5, 5.41) is 6.03. The maximum Gasteiger partial charge on any atom is 0.257 e. The molecule has 0 aromatic heterocycles. The third-order valence-electron chi connectivity index (χ3n) is 4.49. The van der Waals surface area contributed by atoms with Gasteiger partial charge < -0.3 is 19.5 Å². The van der Waals surface area contributed by atoms with Gasteiger partial charge in [0.15, 0.2) is 0 Å². The second-order valence-corrected chi connectivity index (χ2v) is 6.59. The number of methoxy groups -OCH3 is 1. The second-order valence-electron chi connectivity index (χ2n) is 6.59. The van der Waals surface area contributed by atoms with Gasteiger partial charge >= 0.3 is 0 Å². The minimum absolute atomic E-state index is 0.0880. The normalized spacial score (nSPS) is 16.3. The number of benzene rings is 2. The Kier molecular flexibility index (Phi) is 7.47. The van der Waals surface area contributed by atoms with Gasteiger partial charge in [-0.1, -0.05) is 0 Å². The van der Waals surface area contributed by atoms with Gasteiger partial charge in [-0.05, 0) is 68.3 Å². The summed E-state index contributed by atoms with van der Waals surface area (Å²) in [7, 11) is 1.62. The zero-order valence-electron chi connectivity index (χ0n) is 16.8. The van der Waals surface area contributed by atoms with E-state index >= 15 is 0 Å². The highest BCUT2D eigenvalue weighted by Gasteiger charge is 2.16. The number of guanidine groups is 1. The van der Waals surface area contributed by atoms with Crippen LogP contribution in [0.15, 0.2) is 53.5 Å². The fraction of sp³-hybridized carbons (Fsp3) is 0.364. The number of hydrogen-bond donors (Lipinski definition) is 2. The molecule has 1 amide bonds. The van der Waals surface area contributed by atoms with Gasteiger partial charge in [0.1, 0.15) is 11.5 Å². The van der Waals surface area contributed by atoms with Crippen molar-refractivity contribution in [2.45, 2.75) is 25.9 Å². The van der Waals surface area contributed by atoms with Gasteiger partial charge in [-0.15, -0.1) is 0 Å². The highest BCUT2D eigenvalue weighted by molar-refractivity contribution is 6.10. The Hall–Kier alpha value is -3.06. The molecular weight excluding hydrogens is 370 g/mol. The molecule has 1 heterocycles. The Morgan fingerprint density at radius 2 is 1.86 bits per heavy atom. The lowest BCUT2D eigenvalue weighted by Gasteiger charge is -2.14. The number of hydrogen-bond acceptors (Lipinski definition) is 5. The second kappa shape index (κ2) is 10.5. The van der Waals surface area contributed by atoms with Crippen LogP contribution in [0.5, 0.6) is 11.5 Å². The van der Waals surface area contributed by atoms with Crippen molar-refractivity contribution in [1.82, 2.24) is 5.32 Å². The molecule has 1 atom stereocenters. The van der Waals surface area contributed by atoms with Crippen LogP contribution in [-0.2, 0) is 4.74 Å². The van der Waals surface area contributed by atoms with E-state index in [9.17, 15) is 4.79 Å². The van der Waals surface area contributed by atoms with Gasteiger partial charge in [0, 0.05) is 17.9 Å². The number of nitrogens with one attached hydrogen (secondary N) is 2. The third kappa shape index (κ3) is 6.22. The third-order valence-corrected chi connectivity index (χ3v) is 4.49. The average Bonchev–Trinajstić information content (AvgIpc) is 3.27. The van der Waals surface area contributed by atoms with Crippen molar-refractivity contribution < 1.29 is 19.0 Å². The van der Waals surface area contributed by atoms with Crippen LogP contribution in [0.25, 0.3) is 0 Å². The van der Waals surface area contributed by atoms with Crippen molar-refractivity contribution in [2.24, 2.45) is 4.99 Å². The Labute approximate surface area is 171 Å². The Morgan fingerprint density at radius 1 is 1.14 bits per heavy atom. The summed E-state index contributed by atoms with van der Waals surface area (Å²) in [5.41, 5.74) is 1.32. The molecule has 1 saturated heterocycles. The summed E-state index contributed by atoms with van der Waals surface area (Å²) >= 11 is 0. The zero-order valence-corrected chi connectivity index (χ0v) is 16.8. The summed E-state index contributed by atoms with van der Waals surface area (Å²) < 4.78 is 16.2. The van der Waals surface area contributed by atoms with Crippen LogP contribution in [0.1, 0.15) is 30.1 Å². The Bertz CT molecular complexity index is 813. The first-order valence-corrected chi connectivity index (χ1v) is 9.79. The lowest BCUT2D eigenvalue weighted by molar-refractivity contribution is 0.0975. The van der Waals surface area contributed by atoms with E-state index in [1.807, 2.05) is 31.2 Å². The number of carbonyl (C=O) groups excluding carboxylic acids is 1. The Balaban J connectivity index is 1.70. The molecular formula is C22H27N3O4. The molecule has 1 aliphatic heterocycles. The smallest absolute Gasteiger partial charge is 0.257 e. The van der Waals surface area contributed by atoms with Crippen LogP contribution < -0.4 is 20.1 Å². The van der Waals surface area contributed by atoms with E-state index in [1.165, 1.54) is 0 Å². The van der Waals surface area contributed by atoms with Crippen molar-refractivity contribution >= 4 is 17.6 Å². The van der Waals surface area contributed by atoms with Crippen LogP contribution in [-0.4, -0.2) is 44.8 Å². The van der Waals surface area contributed by atoms with E-state index in [4.69, 9.17) is 14.2 Å². The lowest BCUT2D eigenvalue weighted by Crippen LogP contribution is -2.36. The molecule has 0 spiro atoms. The molecule has 29 heavy (non-hydrogen) atoms. The molecule has 154 valence electrons. The maximum atomic E-state index is 12.7. The van der Waals surface area contributed by atoms with Crippen molar-refractivity contribution in [3.8, 4) is 11.5 Å². The molecule has 1 aliphatic rings. The molecule has 0 radical (unpaired) electrons. The summed E-state index contributed by atoms with van der Waals surface area (Å²) in [6.45, 7) is 3.75. The summed E-state index contributed by atoms with van der Waals surface area (Å²) in [6, 6.07) is 14.4. The molecule has 2 aromatic rings. The van der Waals surface area contributed by atoms with Crippen LogP contribution in [0.2, 0.25) is 0 Å². The quantitative estimate of drug-likeness (QED) is 0.552. The highest BCUT2D eigenvalue weighted by atomic mass is 16.5. The predicted molar refractivity (Wildman–Crippen MR) is 113 cm³/mol. The van der Waals surface area contributed by atoms with Crippen LogP contribution in [0, 0.1) is 0 Å². The number of aliphatic imine (C=N–C) groups is 1. The molecule has 7 heteroatoms. The molecule has 0 aliphatic carbocycles. The van der Waals surface area contributed by atoms with Crippen molar-refractivity contribution in [3.05, 3.63) is 54.1 Å². The number of amides is 1. The molecule has 0 unspecified atom stereocenters. The van der Waals surface area contributed by atoms with E-state index in [0.717, 1.165) is 36.6 Å². The van der Waals surface area contributed by atoms with Crippen LogP contribution >= 0.6 is 0 Å².